The van der Waals surface area contributed by atoms with Crippen LogP contribution in [0.1, 0.15) is 24.0 Å². The summed E-state index contributed by atoms with van der Waals surface area (Å²) in [5.41, 5.74) is 2.64. The maximum atomic E-state index is 11.9. The van der Waals surface area contributed by atoms with E-state index in [1.54, 1.807) is 7.05 Å². The molecule has 0 aromatic heterocycles. The van der Waals surface area contributed by atoms with Gasteiger partial charge in [-0.2, -0.15) is 0 Å². The smallest absolute Gasteiger partial charge is 0.234 e. The van der Waals surface area contributed by atoms with E-state index in [0.717, 1.165) is 25.7 Å². The molecule has 2 aromatic carbocycles. The van der Waals surface area contributed by atoms with Crippen LogP contribution in [0, 0.1) is 0 Å². The number of carbonyl (C=O) groups excluding carboxylic acids is 1. The molecule has 0 spiro atoms. The van der Waals surface area contributed by atoms with Crippen molar-refractivity contribution in [3.05, 3.63) is 71.8 Å². The molecule has 0 aliphatic rings. The maximum absolute atomic E-state index is 11.9. The monoisotopic (exact) mass is 346 g/mol. The number of hydrogen-bond donors (Lipinski definition) is 2. The van der Waals surface area contributed by atoms with Gasteiger partial charge in [0.15, 0.2) is 0 Å². The molecule has 0 saturated carbocycles. The van der Waals surface area contributed by atoms with Gasteiger partial charge in [0, 0.05) is 6.04 Å². The lowest BCUT2D eigenvalue weighted by atomic mass is 9.99. The first-order valence-corrected chi connectivity index (χ1v) is 8.29. The number of halogens is 1. The van der Waals surface area contributed by atoms with Crippen LogP contribution in [0.15, 0.2) is 60.7 Å². The highest BCUT2D eigenvalue weighted by molar-refractivity contribution is 5.85. The second-order valence-corrected chi connectivity index (χ2v) is 5.84. The number of nitrogens with one attached hydrogen (secondary N) is 2. The average Bonchev–Trinajstić information content (AvgIpc) is 2.59. The summed E-state index contributed by atoms with van der Waals surface area (Å²) in [4.78, 5) is 11.9. The quantitative estimate of drug-likeness (QED) is 0.730. The van der Waals surface area contributed by atoms with Gasteiger partial charge >= 0.3 is 0 Å². The zero-order chi connectivity index (χ0) is 16.3. The van der Waals surface area contributed by atoms with Crippen LogP contribution in [0.3, 0.4) is 0 Å². The van der Waals surface area contributed by atoms with Gasteiger partial charge in [-0.15, -0.1) is 12.4 Å². The maximum Gasteiger partial charge on any atom is 0.234 e. The lowest BCUT2D eigenvalue weighted by molar-refractivity contribution is -0.120. The third-order valence-electron chi connectivity index (χ3n) is 3.95. The summed E-state index contributed by atoms with van der Waals surface area (Å²) in [6.45, 7) is 0.368. The van der Waals surface area contributed by atoms with Crippen molar-refractivity contribution in [2.45, 2.75) is 31.7 Å². The van der Waals surface area contributed by atoms with E-state index in [-0.39, 0.29) is 24.4 Å². The van der Waals surface area contributed by atoms with Gasteiger partial charge in [-0.1, -0.05) is 60.7 Å². The van der Waals surface area contributed by atoms with E-state index < -0.39 is 0 Å². The van der Waals surface area contributed by atoms with E-state index in [0.29, 0.717) is 6.54 Å². The molecule has 2 N–H and O–H groups in total. The number of aryl methyl sites for hydroxylation is 2. The van der Waals surface area contributed by atoms with E-state index in [1.165, 1.54) is 11.1 Å². The summed E-state index contributed by atoms with van der Waals surface area (Å²) in [6.07, 6.45) is 3.90. The molecule has 4 heteroatoms. The predicted molar refractivity (Wildman–Crippen MR) is 103 cm³/mol. The lowest BCUT2D eigenvalue weighted by Gasteiger charge is -2.19. The predicted octanol–water partition coefficient (Wildman–Crippen LogP) is 3.38. The average molecular weight is 347 g/mol. The number of hydrogen-bond acceptors (Lipinski definition) is 2. The Labute approximate surface area is 151 Å². The second-order valence-electron chi connectivity index (χ2n) is 5.84. The van der Waals surface area contributed by atoms with Crippen LogP contribution in [0.25, 0.3) is 0 Å². The van der Waals surface area contributed by atoms with E-state index in [1.807, 2.05) is 12.1 Å². The molecule has 0 atom stereocenters. The minimum Gasteiger partial charge on any atom is -0.352 e. The standard InChI is InChI=1S/C20H26N2O.ClH/c1-21-16-20(23)22-19(14-12-17-8-4-2-5-9-17)15-13-18-10-6-3-7-11-18;/h2-11,19,21H,12-16H2,1H3,(H,22,23);1H. The summed E-state index contributed by atoms with van der Waals surface area (Å²) in [6, 6.07) is 21.1. The molecule has 0 radical (unpaired) electrons. The number of carbonyl (C=O) groups is 1. The van der Waals surface area contributed by atoms with Gasteiger partial charge in [0.05, 0.1) is 6.54 Å². The minimum atomic E-state index is 0. The summed E-state index contributed by atoms with van der Waals surface area (Å²) in [5, 5.41) is 6.07. The van der Waals surface area contributed by atoms with Crippen LogP contribution in [0.2, 0.25) is 0 Å². The van der Waals surface area contributed by atoms with Crippen molar-refractivity contribution in [1.29, 1.82) is 0 Å². The highest BCUT2D eigenvalue weighted by Crippen LogP contribution is 2.11. The Hall–Kier alpha value is -1.84. The SMILES string of the molecule is CNCC(=O)NC(CCc1ccccc1)CCc1ccccc1.Cl. The fraction of sp³-hybridized carbons (Fsp3) is 0.350. The van der Waals surface area contributed by atoms with Crippen LogP contribution < -0.4 is 10.6 Å². The molecule has 0 fully saturated rings. The molecule has 1 amide bonds. The van der Waals surface area contributed by atoms with Crippen LogP contribution in [-0.4, -0.2) is 25.5 Å². The normalized spacial score (nSPS) is 10.2. The van der Waals surface area contributed by atoms with Gasteiger partial charge in [-0.05, 0) is 43.9 Å². The second kappa shape index (κ2) is 11.7. The van der Waals surface area contributed by atoms with Crippen molar-refractivity contribution in [2.75, 3.05) is 13.6 Å². The first kappa shape index (κ1) is 20.2. The van der Waals surface area contributed by atoms with Crippen molar-refractivity contribution in [3.63, 3.8) is 0 Å². The molecule has 0 unspecified atom stereocenters. The van der Waals surface area contributed by atoms with Gasteiger partial charge in [-0.3, -0.25) is 4.79 Å². The van der Waals surface area contributed by atoms with E-state index in [9.17, 15) is 4.79 Å². The summed E-state index contributed by atoms with van der Waals surface area (Å²) in [7, 11) is 1.79. The zero-order valence-electron chi connectivity index (χ0n) is 14.2. The highest BCUT2D eigenvalue weighted by atomic mass is 35.5. The highest BCUT2D eigenvalue weighted by Gasteiger charge is 2.12. The Morgan fingerprint density at radius 2 is 1.33 bits per heavy atom. The molecule has 0 aliphatic heterocycles. The molecule has 0 aliphatic carbocycles. The first-order valence-electron chi connectivity index (χ1n) is 8.29. The van der Waals surface area contributed by atoms with Gasteiger partial charge in [0.25, 0.3) is 0 Å². The topological polar surface area (TPSA) is 41.1 Å². The van der Waals surface area contributed by atoms with Crippen molar-refractivity contribution in [1.82, 2.24) is 10.6 Å². The van der Waals surface area contributed by atoms with Gasteiger partial charge in [0.1, 0.15) is 0 Å². The fourth-order valence-electron chi connectivity index (χ4n) is 2.70. The third-order valence-corrected chi connectivity index (χ3v) is 3.95. The zero-order valence-corrected chi connectivity index (χ0v) is 15.0. The largest absolute Gasteiger partial charge is 0.352 e. The van der Waals surface area contributed by atoms with Crippen molar-refractivity contribution in [3.8, 4) is 0 Å². The Morgan fingerprint density at radius 1 is 0.875 bits per heavy atom. The van der Waals surface area contributed by atoms with Gasteiger partial charge in [-0.25, -0.2) is 0 Å². The van der Waals surface area contributed by atoms with Crippen molar-refractivity contribution >= 4 is 18.3 Å². The lowest BCUT2D eigenvalue weighted by Crippen LogP contribution is -2.40. The molecule has 130 valence electrons. The summed E-state index contributed by atoms with van der Waals surface area (Å²) < 4.78 is 0. The van der Waals surface area contributed by atoms with Crippen molar-refractivity contribution < 1.29 is 4.79 Å². The van der Waals surface area contributed by atoms with Crippen LogP contribution in [-0.2, 0) is 17.6 Å². The van der Waals surface area contributed by atoms with E-state index in [2.05, 4.69) is 59.2 Å². The number of rotatable bonds is 9. The fourth-order valence-corrected chi connectivity index (χ4v) is 2.70. The van der Waals surface area contributed by atoms with E-state index >= 15 is 0 Å². The van der Waals surface area contributed by atoms with Crippen LogP contribution in [0.5, 0.6) is 0 Å². The summed E-state index contributed by atoms with van der Waals surface area (Å²) >= 11 is 0. The van der Waals surface area contributed by atoms with Crippen LogP contribution >= 0.6 is 12.4 Å². The Morgan fingerprint density at radius 3 is 1.75 bits per heavy atom. The molecule has 2 aromatic rings. The Bertz CT molecular complexity index is 531. The minimum absolute atomic E-state index is 0. The molecule has 0 bridgehead atoms. The molecule has 2 rings (SSSR count). The van der Waals surface area contributed by atoms with E-state index in [4.69, 9.17) is 0 Å². The van der Waals surface area contributed by atoms with Crippen LogP contribution in [0.4, 0.5) is 0 Å². The summed E-state index contributed by atoms with van der Waals surface area (Å²) in [5.74, 6) is 0.0682. The van der Waals surface area contributed by atoms with Gasteiger partial charge in [0.2, 0.25) is 5.91 Å². The molecular weight excluding hydrogens is 320 g/mol. The number of amides is 1. The molecule has 24 heavy (non-hydrogen) atoms. The number of benzene rings is 2. The number of likely N-dealkylation sites (N-methyl/N-ethyl adjacent to an activating group) is 1. The molecule has 3 nitrogen and oxygen atoms in total. The Kier molecular flexibility index (Phi) is 9.81. The molecule has 0 heterocycles. The van der Waals surface area contributed by atoms with Gasteiger partial charge < -0.3 is 10.6 Å². The third kappa shape index (κ3) is 7.62. The first-order chi connectivity index (χ1) is 11.3. The molecular formula is C20H27ClN2O. The Balaban J connectivity index is 0.00000288. The van der Waals surface area contributed by atoms with Crippen molar-refractivity contribution in [2.24, 2.45) is 0 Å². The molecule has 0 saturated heterocycles.